The van der Waals surface area contributed by atoms with E-state index in [-0.39, 0.29) is 5.56 Å². The molecule has 0 spiro atoms. The summed E-state index contributed by atoms with van der Waals surface area (Å²) < 4.78 is 51.9. The van der Waals surface area contributed by atoms with Crippen molar-refractivity contribution in [2.75, 3.05) is 0 Å². The van der Waals surface area contributed by atoms with Crippen LogP contribution in [0.4, 0.5) is 17.6 Å². The molecule has 0 aliphatic carbocycles. The number of rotatable bonds is 6. The fourth-order valence-corrected chi connectivity index (χ4v) is 2.05. The highest BCUT2D eigenvalue weighted by Gasteiger charge is 2.37. The van der Waals surface area contributed by atoms with Gasteiger partial charge in [-0.15, -0.1) is 0 Å². The third-order valence-electron chi connectivity index (χ3n) is 3.19. The Labute approximate surface area is 115 Å². The molecule has 112 valence electrons. The Morgan fingerprint density at radius 3 is 2.35 bits per heavy atom. The quantitative estimate of drug-likeness (QED) is 0.492. The summed E-state index contributed by atoms with van der Waals surface area (Å²) in [6.45, 7) is 1.49. The maximum absolute atomic E-state index is 14.0. The minimum Gasteiger partial charge on any atom is -0.322 e. The Hall–Kier alpha value is -1.43. The molecule has 20 heavy (non-hydrogen) atoms. The molecule has 0 saturated carbocycles. The minimum atomic E-state index is -4.74. The fourth-order valence-electron chi connectivity index (χ4n) is 2.05. The molecule has 0 radical (unpaired) electrons. The van der Waals surface area contributed by atoms with Gasteiger partial charge in [0.25, 0.3) is 0 Å². The van der Waals surface area contributed by atoms with Crippen LogP contribution in [0.15, 0.2) is 18.2 Å². The van der Waals surface area contributed by atoms with Gasteiger partial charge in [0.2, 0.25) is 0 Å². The molecule has 2 nitrogen and oxygen atoms in total. The second kappa shape index (κ2) is 6.35. The first-order valence-electron chi connectivity index (χ1n) is 6.29. The van der Waals surface area contributed by atoms with Crippen LogP contribution in [-0.2, 0) is 16.5 Å². The van der Waals surface area contributed by atoms with Crippen molar-refractivity contribution in [1.29, 1.82) is 0 Å². The van der Waals surface area contributed by atoms with Crippen LogP contribution in [0.25, 0.3) is 0 Å². The molecule has 0 heterocycles. The summed E-state index contributed by atoms with van der Waals surface area (Å²) in [5.74, 6) is -1.32. The van der Waals surface area contributed by atoms with Crippen LogP contribution in [0.3, 0.4) is 0 Å². The summed E-state index contributed by atoms with van der Waals surface area (Å²) >= 11 is 0. The van der Waals surface area contributed by atoms with Crippen molar-refractivity contribution in [3.05, 3.63) is 35.1 Å². The highest BCUT2D eigenvalue weighted by atomic mass is 19.4. The van der Waals surface area contributed by atoms with Gasteiger partial charge in [-0.3, -0.25) is 0 Å². The SMILES string of the molecule is CC(N)(CCCCC=O)c1cccc(C(F)(F)F)c1F. The second-order valence-corrected chi connectivity index (χ2v) is 4.99. The van der Waals surface area contributed by atoms with Crippen LogP contribution < -0.4 is 5.73 Å². The average molecular weight is 291 g/mol. The minimum absolute atomic E-state index is 0.154. The molecule has 6 heteroatoms. The number of benzene rings is 1. The fraction of sp³-hybridized carbons (Fsp3) is 0.500. The number of halogens is 4. The van der Waals surface area contributed by atoms with E-state index in [2.05, 4.69) is 0 Å². The molecule has 0 aliphatic heterocycles. The number of alkyl halides is 3. The van der Waals surface area contributed by atoms with Crippen LogP contribution in [-0.4, -0.2) is 6.29 Å². The van der Waals surface area contributed by atoms with Crippen LogP contribution >= 0.6 is 0 Å². The first-order chi connectivity index (χ1) is 9.20. The molecule has 0 saturated heterocycles. The van der Waals surface area contributed by atoms with Gasteiger partial charge in [-0.1, -0.05) is 18.6 Å². The van der Waals surface area contributed by atoms with E-state index in [1.165, 1.54) is 13.0 Å². The van der Waals surface area contributed by atoms with Gasteiger partial charge in [0.15, 0.2) is 0 Å². The third-order valence-corrected chi connectivity index (χ3v) is 3.19. The molecular formula is C14H17F4NO. The predicted molar refractivity (Wildman–Crippen MR) is 67.5 cm³/mol. The number of carbonyl (C=O) groups is 1. The van der Waals surface area contributed by atoms with E-state index in [9.17, 15) is 22.4 Å². The van der Waals surface area contributed by atoms with Crippen molar-refractivity contribution in [1.82, 2.24) is 0 Å². The van der Waals surface area contributed by atoms with Crippen LogP contribution in [0.5, 0.6) is 0 Å². The Balaban J connectivity index is 2.97. The van der Waals surface area contributed by atoms with E-state index in [0.717, 1.165) is 12.4 Å². The lowest BCUT2D eigenvalue weighted by atomic mass is 9.86. The summed E-state index contributed by atoms with van der Waals surface area (Å²) in [7, 11) is 0. The van der Waals surface area contributed by atoms with E-state index in [1.54, 1.807) is 0 Å². The molecule has 1 unspecified atom stereocenters. The van der Waals surface area contributed by atoms with E-state index >= 15 is 0 Å². The molecule has 1 aromatic rings. The van der Waals surface area contributed by atoms with Gasteiger partial charge < -0.3 is 10.5 Å². The maximum Gasteiger partial charge on any atom is 0.419 e. The number of carbonyl (C=O) groups excluding carboxylic acids is 1. The lowest BCUT2D eigenvalue weighted by Gasteiger charge is -2.26. The maximum atomic E-state index is 14.0. The zero-order chi connectivity index (χ0) is 15.4. The van der Waals surface area contributed by atoms with E-state index in [1.807, 2.05) is 0 Å². The lowest BCUT2D eigenvalue weighted by molar-refractivity contribution is -0.140. The summed E-state index contributed by atoms with van der Waals surface area (Å²) in [6, 6.07) is 3.11. The van der Waals surface area contributed by atoms with Crippen LogP contribution in [0.1, 0.15) is 43.7 Å². The topological polar surface area (TPSA) is 43.1 Å². The molecule has 0 amide bonds. The van der Waals surface area contributed by atoms with Crippen molar-refractivity contribution in [3.8, 4) is 0 Å². The highest BCUT2D eigenvalue weighted by molar-refractivity contribution is 5.48. The summed E-state index contributed by atoms with van der Waals surface area (Å²) in [4.78, 5) is 10.2. The van der Waals surface area contributed by atoms with Crippen molar-refractivity contribution >= 4 is 6.29 Å². The third kappa shape index (κ3) is 4.03. The summed E-state index contributed by atoms with van der Waals surface area (Å²) in [5, 5.41) is 0. The Morgan fingerprint density at radius 1 is 1.20 bits per heavy atom. The number of aldehydes is 1. The van der Waals surface area contributed by atoms with Crippen LogP contribution in [0, 0.1) is 5.82 Å². The largest absolute Gasteiger partial charge is 0.419 e. The smallest absolute Gasteiger partial charge is 0.322 e. The van der Waals surface area contributed by atoms with Gasteiger partial charge in [-0.2, -0.15) is 13.2 Å². The second-order valence-electron chi connectivity index (χ2n) is 4.99. The summed E-state index contributed by atoms with van der Waals surface area (Å²) in [5.41, 5.74) is 3.28. The van der Waals surface area contributed by atoms with Gasteiger partial charge >= 0.3 is 6.18 Å². The molecule has 1 aromatic carbocycles. The first kappa shape index (κ1) is 16.6. The molecule has 2 N–H and O–H groups in total. The van der Waals surface area contributed by atoms with E-state index < -0.39 is 23.1 Å². The van der Waals surface area contributed by atoms with Crippen LogP contribution in [0.2, 0.25) is 0 Å². The number of hydrogen-bond acceptors (Lipinski definition) is 2. The summed E-state index contributed by atoms with van der Waals surface area (Å²) in [6.07, 6.45) is -2.19. The Morgan fingerprint density at radius 2 is 1.80 bits per heavy atom. The normalized spacial score (nSPS) is 14.9. The average Bonchev–Trinajstić information content (AvgIpc) is 2.33. The standard InChI is InChI=1S/C14H17F4NO/c1-13(19,8-3-2-4-9-20)10-6-5-7-11(12(10)15)14(16,17)18/h5-7,9H,2-4,8,19H2,1H3. The lowest BCUT2D eigenvalue weighted by Crippen LogP contribution is -2.34. The molecular weight excluding hydrogens is 274 g/mol. The zero-order valence-corrected chi connectivity index (χ0v) is 11.1. The predicted octanol–water partition coefficient (Wildman–Crippen LogP) is 3.78. The molecule has 0 aliphatic rings. The Kier molecular flexibility index (Phi) is 5.28. The van der Waals surface area contributed by atoms with Gasteiger partial charge in [0.05, 0.1) is 5.56 Å². The molecule has 0 fully saturated rings. The highest BCUT2D eigenvalue weighted by Crippen LogP contribution is 2.35. The molecule has 1 rings (SSSR count). The van der Waals surface area contributed by atoms with Crippen molar-refractivity contribution in [3.63, 3.8) is 0 Å². The van der Waals surface area contributed by atoms with Crippen molar-refractivity contribution in [2.45, 2.75) is 44.3 Å². The number of hydrogen-bond donors (Lipinski definition) is 1. The number of unbranched alkanes of at least 4 members (excludes halogenated alkanes) is 2. The first-order valence-corrected chi connectivity index (χ1v) is 6.29. The number of nitrogens with two attached hydrogens (primary N) is 1. The van der Waals surface area contributed by atoms with Gasteiger partial charge in [0, 0.05) is 17.5 Å². The van der Waals surface area contributed by atoms with E-state index in [0.29, 0.717) is 31.7 Å². The van der Waals surface area contributed by atoms with Crippen molar-refractivity contribution in [2.24, 2.45) is 5.73 Å². The molecule has 0 aromatic heterocycles. The van der Waals surface area contributed by atoms with Gasteiger partial charge in [0.1, 0.15) is 12.1 Å². The molecule has 1 atom stereocenters. The monoisotopic (exact) mass is 291 g/mol. The van der Waals surface area contributed by atoms with Gasteiger partial charge in [-0.25, -0.2) is 4.39 Å². The van der Waals surface area contributed by atoms with E-state index in [4.69, 9.17) is 5.73 Å². The Bertz CT molecular complexity index is 469. The molecule has 0 bridgehead atoms. The van der Waals surface area contributed by atoms with Crippen molar-refractivity contribution < 1.29 is 22.4 Å². The van der Waals surface area contributed by atoms with Gasteiger partial charge in [-0.05, 0) is 25.8 Å². The zero-order valence-electron chi connectivity index (χ0n) is 11.1.